The van der Waals surface area contributed by atoms with E-state index in [-0.39, 0.29) is 30.2 Å². The molecule has 1 aromatic carbocycles. The minimum Gasteiger partial charge on any atom is -0.478 e. The predicted octanol–water partition coefficient (Wildman–Crippen LogP) is 2.57. The summed E-state index contributed by atoms with van der Waals surface area (Å²) in [4.78, 5) is 16.6. The van der Waals surface area contributed by atoms with Crippen molar-refractivity contribution >= 4 is 5.91 Å². The van der Waals surface area contributed by atoms with E-state index in [1.807, 2.05) is 6.92 Å². The van der Waals surface area contributed by atoms with Crippen molar-refractivity contribution in [3.63, 3.8) is 0 Å². The van der Waals surface area contributed by atoms with Crippen LogP contribution in [0.2, 0.25) is 0 Å². The fraction of sp³-hybridized carbons (Fsp3) is 0.368. The molecule has 25 heavy (non-hydrogen) atoms. The smallest absolute Gasteiger partial charge is 0.224 e. The Morgan fingerprint density at radius 1 is 1.36 bits per heavy atom. The Bertz CT molecular complexity index is 718. The summed E-state index contributed by atoms with van der Waals surface area (Å²) in [5.74, 6) is 0.0809. The molecule has 1 aliphatic carbocycles. The van der Waals surface area contributed by atoms with E-state index < -0.39 is 6.04 Å². The molecular weight excluding hydrogens is 323 g/mol. The maximum absolute atomic E-state index is 13.0. The van der Waals surface area contributed by atoms with Crippen LogP contribution in [0.25, 0.3) is 0 Å². The number of aliphatic hydroxyl groups is 1. The molecule has 0 spiro atoms. The first kappa shape index (κ1) is 17.4. The Labute approximate surface area is 145 Å². The van der Waals surface area contributed by atoms with Gasteiger partial charge in [-0.1, -0.05) is 12.1 Å². The molecule has 1 saturated carbocycles. The van der Waals surface area contributed by atoms with Crippen LogP contribution in [0.5, 0.6) is 5.88 Å². The Hall–Kier alpha value is -2.47. The van der Waals surface area contributed by atoms with Crippen LogP contribution in [0.3, 0.4) is 0 Å². The second-order valence-electron chi connectivity index (χ2n) is 6.11. The number of benzene rings is 1. The second kappa shape index (κ2) is 7.61. The largest absolute Gasteiger partial charge is 0.478 e. The van der Waals surface area contributed by atoms with E-state index in [1.54, 1.807) is 30.5 Å². The molecule has 6 heteroatoms. The highest BCUT2D eigenvalue weighted by atomic mass is 19.1. The van der Waals surface area contributed by atoms with Gasteiger partial charge in [-0.15, -0.1) is 0 Å². The van der Waals surface area contributed by atoms with Crippen molar-refractivity contribution in [2.75, 3.05) is 13.2 Å². The summed E-state index contributed by atoms with van der Waals surface area (Å²) in [5, 5.41) is 12.5. The van der Waals surface area contributed by atoms with Crippen molar-refractivity contribution in [3.05, 3.63) is 59.5 Å². The topological polar surface area (TPSA) is 71.5 Å². The summed E-state index contributed by atoms with van der Waals surface area (Å²) >= 11 is 0. The molecule has 2 aromatic rings. The maximum Gasteiger partial charge on any atom is 0.224 e. The lowest BCUT2D eigenvalue weighted by molar-refractivity contribution is -0.123. The van der Waals surface area contributed by atoms with Crippen LogP contribution in [0.4, 0.5) is 4.39 Å². The minimum absolute atomic E-state index is 0.109. The van der Waals surface area contributed by atoms with Gasteiger partial charge in [0.15, 0.2) is 0 Å². The van der Waals surface area contributed by atoms with Crippen LogP contribution in [0.15, 0.2) is 42.6 Å². The van der Waals surface area contributed by atoms with Gasteiger partial charge in [-0.05, 0) is 48.6 Å². The van der Waals surface area contributed by atoms with Gasteiger partial charge >= 0.3 is 0 Å². The van der Waals surface area contributed by atoms with Crippen LogP contribution in [-0.4, -0.2) is 29.2 Å². The first-order valence-electron chi connectivity index (χ1n) is 8.37. The zero-order valence-electron chi connectivity index (χ0n) is 14.0. The van der Waals surface area contributed by atoms with Crippen molar-refractivity contribution in [1.29, 1.82) is 0 Å². The summed E-state index contributed by atoms with van der Waals surface area (Å²) in [5.41, 5.74) is 1.68. The number of carbonyl (C=O) groups excluding carboxylic acids is 1. The van der Waals surface area contributed by atoms with Crippen molar-refractivity contribution in [2.24, 2.45) is 5.92 Å². The first-order valence-corrected chi connectivity index (χ1v) is 8.37. The number of hydrogen-bond donors (Lipinski definition) is 2. The van der Waals surface area contributed by atoms with E-state index >= 15 is 0 Å². The summed E-state index contributed by atoms with van der Waals surface area (Å²) in [6.45, 7) is 2.19. The van der Waals surface area contributed by atoms with E-state index in [9.17, 15) is 14.3 Å². The molecule has 0 bridgehead atoms. The SMILES string of the molecule is CCOc1ccc([C@H](CO)NC(=O)[C@H]2C[C@@H]2c2ccc(F)cc2)cn1. The third kappa shape index (κ3) is 4.14. The number of carbonyl (C=O) groups is 1. The Balaban J connectivity index is 1.60. The molecule has 3 rings (SSSR count). The van der Waals surface area contributed by atoms with Gasteiger partial charge in [0, 0.05) is 18.2 Å². The summed E-state index contributed by atoms with van der Waals surface area (Å²) < 4.78 is 18.3. The average molecular weight is 344 g/mol. The van der Waals surface area contributed by atoms with E-state index in [4.69, 9.17) is 4.74 Å². The molecule has 0 radical (unpaired) electrons. The number of pyridine rings is 1. The zero-order valence-corrected chi connectivity index (χ0v) is 14.0. The Kier molecular flexibility index (Phi) is 5.28. The van der Waals surface area contributed by atoms with E-state index in [0.29, 0.717) is 12.5 Å². The first-order chi connectivity index (χ1) is 12.1. The van der Waals surface area contributed by atoms with Crippen LogP contribution >= 0.6 is 0 Å². The zero-order chi connectivity index (χ0) is 17.8. The van der Waals surface area contributed by atoms with Crippen LogP contribution < -0.4 is 10.1 Å². The van der Waals surface area contributed by atoms with Gasteiger partial charge in [-0.2, -0.15) is 0 Å². The molecule has 1 amide bonds. The number of aliphatic hydroxyl groups excluding tert-OH is 1. The highest BCUT2D eigenvalue weighted by Crippen LogP contribution is 2.47. The molecular formula is C19H21FN2O3. The van der Waals surface area contributed by atoms with Crippen molar-refractivity contribution in [2.45, 2.75) is 25.3 Å². The quantitative estimate of drug-likeness (QED) is 0.810. The summed E-state index contributed by atoms with van der Waals surface area (Å²) in [7, 11) is 0. The number of hydrogen-bond acceptors (Lipinski definition) is 4. The van der Waals surface area contributed by atoms with Crippen LogP contribution in [0.1, 0.15) is 36.4 Å². The number of amides is 1. The van der Waals surface area contributed by atoms with Crippen LogP contribution in [-0.2, 0) is 4.79 Å². The van der Waals surface area contributed by atoms with E-state index in [1.165, 1.54) is 12.1 Å². The highest BCUT2D eigenvalue weighted by molar-refractivity contribution is 5.83. The Morgan fingerprint density at radius 2 is 2.12 bits per heavy atom. The average Bonchev–Trinajstić information content (AvgIpc) is 3.42. The number of halogens is 1. The van der Waals surface area contributed by atoms with Crippen LogP contribution in [0, 0.1) is 11.7 Å². The predicted molar refractivity (Wildman–Crippen MR) is 90.6 cm³/mol. The van der Waals surface area contributed by atoms with Gasteiger partial charge in [-0.25, -0.2) is 9.37 Å². The fourth-order valence-electron chi connectivity index (χ4n) is 2.91. The molecule has 2 N–H and O–H groups in total. The Morgan fingerprint density at radius 3 is 2.72 bits per heavy atom. The van der Waals surface area contributed by atoms with Gasteiger partial charge in [0.2, 0.25) is 11.8 Å². The van der Waals surface area contributed by atoms with Gasteiger partial charge < -0.3 is 15.2 Å². The number of ether oxygens (including phenoxy) is 1. The molecule has 1 aliphatic rings. The highest BCUT2D eigenvalue weighted by Gasteiger charge is 2.44. The number of nitrogens with zero attached hydrogens (tertiary/aromatic N) is 1. The molecule has 3 atom stereocenters. The summed E-state index contributed by atoms with van der Waals surface area (Å²) in [6, 6.07) is 9.23. The lowest BCUT2D eigenvalue weighted by Crippen LogP contribution is -2.32. The minimum atomic E-state index is -0.509. The molecule has 0 unspecified atom stereocenters. The van der Waals surface area contributed by atoms with Gasteiger partial charge in [0.25, 0.3) is 0 Å². The molecule has 0 saturated heterocycles. The number of rotatable bonds is 7. The maximum atomic E-state index is 13.0. The van der Waals surface area contributed by atoms with Gasteiger partial charge in [0.1, 0.15) is 5.82 Å². The molecule has 1 aromatic heterocycles. The van der Waals surface area contributed by atoms with Crippen molar-refractivity contribution < 1.29 is 19.0 Å². The normalized spacial score (nSPS) is 20.0. The molecule has 0 aliphatic heterocycles. The monoisotopic (exact) mass is 344 g/mol. The lowest BCUT2D eigenvalue weighted by atomic mass is 10.1. The molecule has 132 valence electrons. The third-order valence-electron chi connectivity index (χ3n) is 4.38. The van der Waals surface area contributed by atoms with Crippen molar-refractivity contribution in [3.8, 4) is 5.88 Å². The molecule has 5 nitrogen and oxygen atoms in total. The lowest BCUT2D eigenvalue weighted by Gasteiger charge is -2.17. The number of aromatic nitrogens is 1. The number of nitrogens with one attached hydrogen (secondary N) is 1. The fourth-order valence-corrected chi connectivity index (χ4v) is 2.91. The second-order valence-corrected chi connectivity index (χ2v) is 6.11. The van der Waals surface area contributed by atoms with Gasteiger partial charge in [0.05, 0.1) is 19.3 Å². The standard InChI is InChI=1S/C19H21FN2O3/c1-2-25-18-8-5-13(10-21-18)17(11-23)22-19(24)16-9-15(16)12-3-6-14(20)7-4-12/h3-8,10,15-17,23H,2,9,11H2,1H3,(H,22,24)/t15-,16+,17+/m1/s1. The van der Waals surface area contributed by atoms with Crippen molar-refractivity contribution in [1.82, 2.24) is 10.3 Å². The van der Waals surface area contributed by atoms with E-state index in [2.05, 4.69) is 10.3 Å². The molecule has 1 heterocycles. The third-order valence-corrected chi connectivity index (χ3v) is 4.38. The summed E-state index contributed by atoms with van der Waals surface area (Å²) in [6.07, 6.45) is 2.33. The van der Waals surface area contributed by atoms with Gasteiger partial charge in [-0.3, -0.25) is 4.79 Å². The molecule has 1 fully saturated rings. The van der Waals surface area contributed by atoms with E-state index in [0.717, 1.165) is 17.5 Å².